The van der Waals surface area contributed by atoms with Gasteiger partial charge in [-0.05, 0) is 12.8 Å². The van der Waals surface area contributed by atoms with Gasteiger partial charge in [0.2, 0.25) is 0 Å². The Hall–Kier alpha value is -0.110. The second-order valence-corrected chi connectivity index (χ2v) is 2.03. The molecule has 1 atom stereocenters. The molecule has 0 spiro atoms. The summed E-state index contributed by atoms with van der Waals surface area (Å²) in [5.41, 5.74) is 5.45. The molecule has 0 rings (SSSR count). The minimum Gasteiger partial charge on any atom is -0.328 e. The molecule has 2 N–H and O–H groups in total. The van der Waals surface area contributed by atoms with Crippen molar-refractivity contribution < 1.29 is 4.39 Å². The molecule has 0 saturated heterocycles. The molecule has 0 aromatic carbocycles. The predicted octanol–water partition coefficient (Wildman–Crippen LogP) is 1.47. The van der Waals surface area contributed by atoms with Gasteiger partial charge in [-0.25, -0.2) is 0 Å². The Kier molecular flexibility index (Phi) is 4.97. The Labute approximate surface area is 50.1 Å². The molecule has 0 radical (unpaired) electrons. The van der Waals surface area contributed by atoms with Crippen LogP contribution < -0.4 is 5.73 Å². The highest BCUT2D eigenvalue weighted by atomic mass is 19.1. The SMILES string of the molecule is CCCC(N)CCF. The van der Waals surface area contributed by atoms with Crippen LogP contribution in [0.2, 0.25) is 0 Å². The van der Waals surface area contributed by atoms with E-state index in [1.807, 2.05) is 0 Å². The van der Waals surface area contributed by atoms with Gasteiger partial charge in [-0.15, -0.1) is 0 Å². The van der Waals surface area contributed by atoms with Crippen LogP contribution in [-0.2, 0) is 0 Å². The lowest BCUT2D eigenvalue weighted by atomic mass is 10.1. The second-order valence-electron chi connectivity index (χ2n) is 2.03. The molecule has 0 saturated carbocycles. The van der Waals surface area contributed by atoms with Crippen molar-refractivity contribution in [3.63, 3.8) is 0 Å². The molecule has 0 amide bonds. The zero-order chi connectivity index (χ0) is 6.41. The number of nitrogens with two attached hydrogens (primary N) is 1. The van der Waals surface area contributed by atoms with Crippen LogP contribution in [0.15, 0.2) is 0 Å². The first kappa shape index (κ1) is 7.89. The van der Waals surface area contributed by atoms with E-state index < -0.39 is 0 Å². The fourth-order valence-corrected chi connectivity index (χ4v) is 0.655. The Morgan fingerprint density at radius 1 is 1.50 bits per heavy atom. The van der Waals surface area contributed by atoms with E-state index >= 15 is 0 Å². The van der Waals surface area contributed by atoms with Crippen molar-refractivity contribution >= 4 is 0 Å². The molecule has 50 valence electrons. The Bertz CT molecular complexity index is 41.8. The highest BCUT2D eigenvalue weighted by Gasteiger charge is 1.97. The number of hydrogen-bond acceptors (Lipinski definition) is 1. The van der Waals surface area contributed by atoms with Crippen LogP contribution in [0, 0.1) is 0 Å². The number of rotatable bonds is 4. The molecule has 1 nitrogen and oxygen atoms in total. The van der Waals surface area contributed by atoms with Gasteiger partial charge in [0, 0.05) is 6.04 Å². The first-order chi connectivity index (χ1) is 3.81. The molecule has 0 aliphatic rings. The fraction of sp³-hybridized carbons (Fsp3) is 1.00. The average Bonchev–Trinajstić information content (AvgIpc) is 1.68. The maximum absolute atomic E-state index is 11.5. The molecule has 0 aromatic heterocycles. The van der Waals surface area contributed by atoms with Crippen molar-refractivity contribution in [3.8, 4) is 0 Å². The summed E-state index contributed by atoms with van der Waals surface area (Å²) in [7, 11) is 0. The normalized spacial score (nSPS) is 13.9. The maximum atomic E-state index is 11.5. The minimum atomic E-state index is -0.277. The summed E-state index contributed by atoms with van der Waals surface area (Å²) in [6.07, 6.45) is 2.53. The third-order valence-electron chi connectivity index (χ3n) is 1.14. The highest BCUT2D eigenvalue weighted by Crippen LogP contribution is 1.97. The molecular formula is C6H14FN. The van der Waals surface area contributed by atoms with Crippen molar-refractivity contribution in [2.24, 2.45) is 5.73 Å². The summed E-state index contributed by atoms with van der Waals surface area (Å²) in [5, 5.41) is 0. The average molecular weight is 119 g/mol. The zero-order valence-corrected chi connectivity index (χ0v) is 5.36. The summed E-state index contributed by atoms with van der Waals surface area (Å²) >= 11 is 0. The number of hydrogen-bond donors (Lipinski definition) is 1. The van der Waals surface area contributed by atoms with Crippen LogP contribution in [-0.4, -0.2) is 12.7 Å². The van der Waals surface area contributed by atoms with E-state index in [0.717, 1.165) is 12.8 Å². The summed E-state index contributed by atoms with van der Waals surface area (Å²) in [5.74, 6) is 0. The van der Waals surface area contributed by atoms with E-state index in [0.29, 0.717) is 6.42 Å². The largest absolute Gasteiger partial charge is 0.328 e. The topological polar surface area (TPSA) is 26.0 Å². The molecular weight excluding hydrogens is 105 g/mol. The van der Waals surface area contributed by atoms with Gasteiger partial charge >= 0.3 is 0 Å². The van der Waals surface area contributed by atoms with Crippen molar-refractivity contribution in [2.75, 3.05) is 6.67 Å². The number of halogens is 1. The van der Waals surface area contributed by atoms with Crippen LogP contribution in [0.5, 0.6) is 0 Å². The van der Waals surface area contributed by atoms with E-state index in [1.54, 1.807) is 0 Å². The summed E-state index contributed by atoms with van der Waals surface area (Å²) < 4.78 is 11.5. The van der Waals surface area contributed by atoms with Gasteiger partial charge in [-0.1, -0.05) is 13.3 Å². The van der Waals surface area contributed by atoms with Crippen molar-refractivity contribution in [2.45, 2.75) is 32.2 Å². The first-order valence-electron chi connectivity index (χ1n) is 3.12. The Morgan fingerprint density at radius 2 is 2.12 bits per heavy atom. The van der Waals surface area contributed by atoms with Crippen molar-refractivity contribution in [3.05, 3.63) is 0 Å². The van der Waals surface area contributed by atoms with E-state index in [-0.39, 0.29) is 12.7 Å². The van der Waals surface area contributed by atoms with Crippen molar-refractivity contribution in [1.29, 1.82) is 0 Å². The van der Waals surface area contributed by atoms with Crippen LogP contribution in [0.25, 0.3) is 0 Å². The zero-order valence-electron chi connectivity index (χ0n) is 5.36. The molecule has 0 heterocycles. The lowest BCUT2D eigenvalue weighted by molar-refractivity contribution is 0.424. The standard InChI is InChI=1S/C6H14FN/c1-2-3-6(8)4-5-7/h6H,2-5,8H2,1H3. The molecule has 0 aromatic rings. The molecule has 0 bridgehead atoms. The third-order valence-corrected chi connectivity index (χ3v) is 1.14. The van der Waals surface area contributed by atoms with E-state index in [2.05, 4.69) is 6.92 Å². The van der Waals surface area contributed by atoms with Crippen LogP contribution in [0.1, 0.15) is 26.2 Å². The van der Waals surface area contributed by atoms with Gasteiger partial charge in [-0.3, -0.25) is 4.39 Å². The van der Waals surface area contributed by atoms with E-state index in [9.17, 15) is 4.39 Å². The molecule has 2 heteroatoms. The minimum absolute atomic E-state index is 0.0880. The van der Waals surface area contributed by atoms with Crippen molar-refractivity contribution in [1.82, 2.24) is 0 Å². The number of alkyl halides is 1. The molecule has 0 fully saturated rings. The highest BCUT2D eigenvalue weighted by molar-refractivity contribution is 4.57. The molecule has 1 unspecified atom stereocenters. The molecule has 0 aliphatic heterocycles. The van der Waals surface area contributed by atoms with Crippen LogP contribution >= 0.6 is 0 Å². The van der Waals surface area contributed by atoms with Gasteiger partial charge in [0.15, 0.2) is 0 Å². The maximum Gasteiger partial charge on any atom is 0.0909 e. The predicted molar refractivity (Wildman–Crippen MR) is 33.5 cm³/mol. The second kappa shape index (κ2) is 5.04. The third kappa shape index (κ3) is 4.06. The van der Waals surface area contributed by atoms with Crippen LogP contribution in [0.3, 0.4) is 0 Å². The first-order valence-corrected chi connectivity index (χ1v) is 3.12. The smallest absolute Gasteiger partial charge is 0.0909 e. The lowest BCUT2D eigenvalue weighted by Crippen LogP contribution is -2.19. The lowest BCUT2D eigenvalue weighted by Gasteiger charge is -2.04. The van der Waals surface area contributed by atoms with E-state index in [1.165, 1.54) is 0 Å². The summed E-state index contributed by atoms with van der Waals surface area (Å²) in [6.45, 7) is 1.78. The van der Waals surface area contributed by atoms with Gasteiger partial charge in [0.1, 0.15) is 0 Å². The Morgan fingerprint density at radius 3 is 2.50 bits per heavy atom. The summed E-state index contributed by atoms with van der Waals surface area (Å²) in [4.78, 5) is 0. The van der Waals surface area contributed by atoms with Gasteiger partial charge in [-0.2, -0.15) is 0 Å². The molecule has 8 heavy (non-hydrogen) atoms. The summed E-state index contributed by atoms with van der Waals surface area (Å²) in [6, 6.07) is 0.0880. The monoisotopic (exact) mass is 119 g/mol. The van der Waals surface area contributed by atoms with Gasteiger partial charge in [0.05, 0.1) is 6.67 Å². The van der Waals surface area contributed by atoms with Gasteiger partial charge in [0.25, 0.3) is 0 Å². The molecule has 0 aliphatic carbocycles. The van der Waals surface area contributed by atoms with E-state index in [4.69, 9.17) is 5.73 Å². The quantitative estimate of drug-likeness (QED) is 0.596. The fourth-order valence-electron chi connectivity index (χ4n) is 0.655. The van der Waals surface area contributed by atoms with Gasteiger partial charge < -0.3 is 5.73 Å². The van der Waals surface area contributed by atoms with Crippen LogP contribution in [0.4, 0.5) is 4.39 Å². The Balaban J connectivity index is 2.92.